The number of rotatable bonds is 4. The minimum atomic E-state index is 0.248. The number of hydrogen-bond donors (Lipinski definition) is 0. The van der Waals surface area contributed by atoms with Crippen molar-refractivity contribution in [2.75, 3.05) is 0 Å². The van der Waals surface area contributed by atoms with Crippen LogP contribution in [-0.2, 0) is 0 Å². The molecule has 0 bridgehead atoms. The molecule has 3 rings (SSSR count). The molecule has 2 aromatic rings. The molecule has 2 aromatic carbocycles. The van der Waals surface area contributed by atoms with Gasteiger partial charge in [0.1, 0.15) is 11.9 Å². The Morgan fingerprint density at radius 3 is 2.24 bits per heavy atom. The molecule has 110 valence electrons. The van der Waals surface area contributed by atoms with Crippen LogP contribution in [0.5, 0.6) is 5.75 Å². The molecule has 1 saturated carbocycles. The highest BCUT2D eigenvalue weighted by Crippen LogP contribution is 2.50. The third-order valence-corrected chi connectivity index (χ3v) is 6.29. The zero-order valence-electron chi connectivity index (χ0n) is 12.6. The molecule has 3 atom stereocenters. The predicted molar refractivity (Wildman–Crippen MR) is 92.0 cm³/mol. The Balaban J connectivity index is 1.71. The Hall–Kier alpha value is -1.28. The van der Waals surface area contributed by atoms with Crippen molar-refractivity contribution < 1.29 is 4.74 Å². The fourth-order valence-corrected chi connectivity index (χ4v) is 3.88. The van der Waals surface area contributed by atoms with E-state index >= 15 is 0 Å². The van der Waals surface area contributed by atoms with E-state index in [-0.39, 0.29) is 5.41 Å². The summed E-state index contributed by atoms with van der Waals surface area (Å²) in [6.07, 6.45) is 2.54. The minimum Gasteiger partial charge on any atom is -0.490 e. The second kappa shape index (κ2) is 5.84. The summed E-state index contributed by atoms with van der Waals surface area (Å²) in [6.45, 7) is 4.54. The molecule has 1 nitrogen and oxygen atoms in total. The van der Waals surface area contributed by atoms with Crippen molar-refractivity contribution in [3.05, 3.63) is 54.6 Å². The van der Waals surface area contributed by atoms with Crippen molar-refractivity contribution in [3.8, 4) is 16.9 Å². The van der Waals surface area contributed by atoms with Gasteiger partial charge in [0.05, 0.1) is 0 Å². The average Bonchev–Trinajstić information content (AvgIpc) is 2.55. The van der Waals surface area contributed by atoms with Crippen LogP contribution in [0.1, 0.15) is 26.7 Å². The number of alkyl halides is 1. The molecule has 0 aliphatic heterocycles. The molecular formula is C19H21BrO. The first-order valence-corrected chi connectivity index (χ1v) is 8.51. The van der Waals surface area contributed by atoms with Crippen molar-refractivity contribution in [2.24, 2.45) is 5.41 Å². The third-order valence-electron chi connectivity index (χ3n) is 4.87. The van der Waals surface area contributed by atoms with Crippen LogP contribution in [-0.4, -0.2) is 10.9 Å². The molecule has 1 aliphatic carbocycles. The molecule has 2 heteroatoms. The minimum absolute atomic E-state index is 0.248. The van der Waals surface area contributed by atoms with Crippen LogP contribution in [0.25, 0.3) is 11.1 Å². The molecule has 0 radical (unpaired) electrons. The van der Waals surface area contributed by atoms with Crippen LogP contribution in [0.3, 0.4) is 0 Å². The lowest BCUT2D eigenvalue weighted by atomic mass is 9.65. The number of hydrogen-bond acceptors (Lipinski definition) is 1. The lowest BCUT2D eigenvalue weighted by molar-refractivity contribution is -0.0243. The Kier molecular flexibility index (Phi) is 4.08. The molecule has 1 aliphatic rings. The molecule has 0 saturated heterocycles. The Morgan fingerprint density at radius 1 is 1.05 bits per heavy atom. The highest BCUT2D eigenvalue weighted by molar-refractivity contribution is 9.09. The first-order chi connectivity index (χ1) is 10.1. The monoisotopic (exact) mass is 344 g/mol. The predicted octanol–water partition coefficient (Wildman–Crippen LogP) is 5.68. The Bertz CT molecular complexity index is 593. The van der Waals surface area contributed by atoms with Gasteiger partial charge in [-0.15, -0.1) is 0 Å². The molecule has 0 heterocycles. The number of halogens is 1. The van der Waals surface area contributed by atoms with Crippen LogP contribution >= 0.6 is 15.9 Å². The van der Waals surface area contributed by atoms with Gasteiger partial charge in [0.15, 0.2) is 0 Å². The normalized spacial score (nSPS) is 28.0. The highest BCUT2D eigenvalue weighted by Gasteiger charge is 2.50. The fraction of sp³-hybridized carbons (Fsp3) is 0.368. The molecule has 1 fully saturated rings. The SMILES string of the molecule is CCC1(C)C(Br)CC1Oc1ccc(-c2ccccc2)cc1. The first-order valence-electron chi connectivity index (χ1n) is 7.59. The lowest BCUT2D eigenvalue weighted by Crippen LogP contribution is -2.54. The van der Waals surface area contributed by atoms with Gasteiger partial charge >= 0.3 is 0 Å². The summed E-state index contributed by atoms with van der Waals surface area (Å²) in [5.74, 6) is 0.971. The second-order valence-corrected chi connectivity index (χ2v) is 7.16. The molecule has 3 unspecified atom stereocenters. The topological polar surface area (TPSA) is 9.23 Å². The maximum absolute atomic E-state index is 6.19. The van der Waals surface area contributed by atoms with Crippen molar-refractivity contribution in [3.63, 3.8) is 0 Å². The maximum atomic E-state index is 6.19. The van der Waals surface area contributed by atoms with Gasteiger partial charge in [0.25, 0.3) is 0 Å². The summed E-state index contributed by atoms with van der Waals surface area (Å²) < 4.78 is 6.19. The van der Waals surface area contributed by atoms with Gasteiger partial charge in [-0.2, -0.15) is 0 Å². The molecule has 0 amide bonds. The highest BCUT2D eigenvalue weighted by atomic mass is 79.9. The van der Waals surface area contributed by atoms with Gasteiger partial charge in [0.2, 0.25) is 0 Å². The quantitative estimate of drug-likeness (QED) is 0.648. The van der Waals surface area contributed by atoms with Crippen LogP contribution in [0.4, 0.5) is 0 Å². The van der Waals surface area contributed by atoms with Crippen LogP contribution in [0.2, 0.25) is 0 Å². The maximum Gasteiger partial charge on any atom is 0.119 e. The Morgan fingerprint density at radius 2 is 1.67 bits per heavy atom. The van der Waals surface area contributed by atoms with E-state index in [0.29, 0.717) is 10.9 Å². The summed E-state index contributed by atoms with van der Waals surface area (Å²) in [7, 11) is 0. The van der Waals surface area contributed by atoms with Gasteiger partial charge in [-0.3, -0.25) is 0 Å². The molecule has 0 aromatic heterocycles. The molecule has 0 N–H and O–H groups in total. The second-order valence-electron chi connectivity index (χ2n) is 6.06. The summed E-state index contributed by atoms with van der Waals surface area (Å²) in [4.78, 5) is 0.573. The summed E-state index contributed by atoms with van der Waals surface area (Å²) in [6, 6.07) is 18.9. The van der Waals surface area contributed by atoms with E-state index in [2.05, 4.69) is 78.3 Å². The smallest absolute Gasteiger partial charge is 0.119 e. The summed E-state index contributed by atoms with van der Waals surface area (Å²) in [5.41, 5.74) is 2.72. The number of ether oxygens (including phenoxy) is 1. The van der Waals surface area contributed by atoms with E-state index in [0.717, 1.165) is 18.6 Å². The largest absolute Gasteiger partial charge is 0.490 e. The van der Waals surface area contributed by atoms with E-state index in [1.54, 1.807) is 0 Å². The van der Waals surface area contributed by atoms with Gasteiger partial charge < -0.3 is 4.74 Å². The average molecular weight is 345 g/mol. The van der Waals surface area contributed by atoms with E-state index in [9.17, 15) is 0 Å². The third kappa shape index (κ3) is 2.74. The van der Waals surface area contributed by atoms with Gasteiger partial charge in [-0.05, 0) is 36.1 Å². The standard InChI is InChI=1S/C19H21BrO/c1-3-19(2)17(20)13-18(19)21-16-11-9-15(10-12-16)14-7-5-4-6-8-14/h4-12,17-18H,3,13H2,1-2H3. The van der Waals surface area contributed by atoms with Crippen molar-refractivity contribution >= 4 is 15.9 Å². The van der Waals surface area contributed by atoms with E-state index in [1.807, 2.05) is 6.07 Å². The molecule has 0 spiro atoms. The summed E-state index contributed by atoms with van der Waals surface area (Å²) >= 11 is 3.76. The molecule has 21 heavy (non-hydrogen) atoms. The lowest BCUT2D eigenvalue weighted by Gasteiger charge is -2.50. The zero-order valence-corrected chi connectivity index (χ0v) is 14.1. The Labute approximate surface area is 135 Å². The van der Waals surface area contributed by atoms with Crippen molar-refractivity contribution in [1.82, 2.24) is 0 Å². The van der Waals surface area contributed by atoms with E-state index in [1.165, 1.54) is 11.1 Å². The van der Waals surface area contributed by atoms with E-state index in [4.69, 9.17) is 4.74 Å². The fourth-order valence-electron chi connectivity index (χ4n) is 2.92. The van der Waals surface area contributed by atoms with Gasteiger partial charge in [0, 0.05) is 10.2 Å². The zero-order chi connectivity index (χ0) is 14.9. The van der Waals surface area contributed by atoms with Crippen LogP contribution < -0.4 is 4.74 Å². The number of benzene rings is 2. The van der Waals surface area contributed by atoms with Crippen LogP contribution in [0.15, 0.2) is 54.6 Å². The summed E-state index contributed by atoms with van der Waals surface area (Å²) in [5, 5.41) is 0. The first kappa shape index (κ1) is 14.6. The van der Waals surface area contributed by atoms with Gasteiger partial charge in [-0.1, -0.05) is 72.2 Å². The van der Waals surface area contributed by atoms with E-state index < -0.39 is 0 Å². The van der Waals surface area contributed by atoms with Gasteiger partial charge in [-0.25, -0.2) is 0 Å². The van der Waals surface area contributed by atoms with Crippen molar-refractivity contribution in [2.45, 2.75) is 37.6 Å². The van der Waals surface area contributed by atoms with Crippen LogP contribution in [0, 0.1) is 5.41 Å². The van der Waals surface area contributed by atoms with Crippen molar-refractivity contribution in [1.29, 1.82) is 0 Å². The molecular weight excluding hydrogens is 324 g/mol.